The zero-order valence-corrected chi connectivity index (χ0v) is 11.3. The van der Waals surface area contributed by atoms with Crippen molar-refractivity contribution in [2.75, 3.05) is 13.7 Å². The minimum Gasteiger partial charge on any atom is -0.497 e. The third kappa shape index (κ3) is 2.56. The van der Waals surface area contributed by atoms with E-state index in [1.54, 1.807) is 7.11 Å². The Morgan fingerprint density at radius 1 is 1.33 bits per heavy atom. The predicted molar refractivity (Wildman–Crippen MR) is 71.9 cm³/mol. The standard InChI is InChI=1S/C15H21NO2/c1-15(2)13(16-9-8-14(15)17)10-11-4-6-12(18-3)7-5-11/h4-7,13,16H,8-10H2,1-3H3. The summed E-state index contributed by atoms with van der Waals surface area (Å²) in [5.41, 5.74) is 0.953. The Balaban J connectivity index is 2.09. The highest BCUT2D eigenvalue weighted by Gasteiger charge is 2.38. The summed E-state index contributed by atoms with van der Waals surface area (Å²) in [6.45, 7) is 4.87. The Kier molecular flexibility index (Phi) is 3.71. The van der Waals surface area contributed by atoms with Gasteiger partial charge < -0.3 is 10.1 Å². The molecule has 3 heteroatoms. The van der Waals surface area contributed by atoms with Gasteiger partial charge in [-0.3, -0.25) is 4.79 Å². The fourth-order valence-corrected chi connectivity index (χ4v) is 2.46. The summed E-state index contributed by atoms with van der Waals surface area (Å²) in [4.78, 5) is 12.0. The first kappa shape index (κ1) is 13.1. The van der Waals surface area contributed by atoms with Gasteiger partial charge in [0, 0.05) is 24.4 Å². The lowest BCUT2D eigenvalue weighted by Crippen LogP contribution is -2.53. The van der Waals surface area contributed by atoms with Crippen LogP contribution in [-0.2, 0) is 11.2 Å². The molecule has 1 aliphatic heterocycles. The number of piperidine rings is 1. The van der Waals surface area contributed by atoms with Crippen molar-refractivity contribution in [2.24, 2.45) is 5.41 Å². The number of hydrogen-bond donors (Lipinski definition) is 1. The molecule has 1 aromatic rings. The smallest absolute Gasteiger partial charge is 0.141 e. The Hall–Kier alpha value is -1.35. The van der Waals surface area contributed by atoms with Crippen molar-refractivity contribution >= 4 is 5.78 Å². The molecule has 98 valence electrons. The number of ether oxygens (including phenoxy) is 1. The zero-order valence-electron chi connectivity index (χ0n) is 11.3. The van der Waals surface area contributed by atoms with Gasteiger partial charge in [0.25, 0.3) is 0 Å². The number of rotatable bonds is 3. The molecular weight excluding hydrogens is 226 g/mol. The molecule has 0 bridgehead atoms. The first-order valence-corrected chi connectivity index (χ1v) is 6.43. The van der Waals surface area contributed by atoms with Gasteiger partial charge in [-0.05, 0) is 24.1 Å². The van der Waals surface area contributed by atoms with Crippen LogP contribution in [0.2, 0.25) is 0 Å². The van der Waals surface area contributed by atoms with Crippen LogP contribution in [0, 0.1) is 5.41 Å². The third-order valence-corrected chi connectivity index (χ3v) is 3.93. The summed E-state index contributed by atoms with van der Waals surface area (Å²) in [5, 5.41) is 3.46. The van der Waals surface area contributed by atoms with Crippen LogP contribution in [0.3, 0.4) is 0 Å². The van der Waals surface area contributed by atoms with Gasteiger partial charge in [0.2, 0.25) is 0 Å². The van der Waals surface area contributed by atoms with Crippen LogP contribution >= 0.6 is 0 Å². The highest BCUT2D eigenvalue weighted by atomic mass is 16.5. The van der Waals surface area contributed by atoms with Crippen molar-refractivity contribution in [3.8, 4) is 5.75 Å². The van der Waals surface area contributed by atoms with Crippen molar-refractivity contribution < 1.29 is 9.53 Å². The summed E-state index contributed by atoms with van der Waals surface area (Å²) in [7, 11) is 1.67. The molecule has 1 saturated heterocycles. The van der Waals surface area contributed by atoms with E-state index in [4.69, 9.17) is 4.74 Å². The number of ketones is 1. The number of Topliss-reactive ketones (excluding diaryl/α,β-unsaturated/α-hetero) is 1. The van der Waals surface area contributed by atoms with E-state index in [1.807, 2.05) is 26.0 Å². The first-order chi connectivity index (χ1) is 8.54. The first-order valence-electron chi connectivity index (χ1n) is 6.43. The van der Waals surface area contributed by atoms with Crippen molar-refractivity contribution in [2.45, 2.75) is 32.7 Å². The van der Waals surface area contributed by atoms with Crippen LogP contribution in [0.15, 0.2) is 24.3 Å². The number of methoxy groups -OCH3 is 1. The summed E-state index contributed by atoms with van der Waals surface area (Å²) in [6.07, 6.45) is 1.52. The lowest BCUT2D eigenvalue weighted by atomic mass is 9.74. The maximum absolute atomic E-state index is 12.0. The highest BCUT2D eigenvalue weighted by molar-refractivity contribution is 5.85. The minimum absolute atomic E-state index is 0.215. The van der Waals surface area contributed by atoms with E-state index < -0.39 is 0 Å². The van der Waals surface area contributed by atoms with E-state index in [0.29, 0.717) is 12.2 Å². The van der Waals surface area contributed by atoms with E-state index in [2.05, 4.69) is 17.4 Å². The molecule has 1 fully saturated rings. The molecule has 1 N–H and O–H groups in total. The summed E-state index contributed by atoms with van der Waals surface area (Å²) in [6, 6.07) is 8.28. The normalized spacial score (nSPS) is 22.8. The topological polar surface area (TPSA) is 38.3 Å². The van der Waals surface area contributed by atoms with Crippen LogP contribution in [-0.4, -0.2) is 25.5 Å². The lowest BCUT2D eigenvalue weighted by Gasteiger charge is -2.38. The van der Waals surface area contributed by atoms with Crippen molar-refractivity contribution in [1.29, 1.82) is 0 Å². The molecule has 0 radical (unpaired) electrons. The monoisotopic (exact) mass is 247 g/mol. The zero-order chi connectivity index (χ0) is 13.2. The summed E-state index contributed by atoms with van der Waals surface area (Å²) in [5.74, 6) is 1.23. The third-order valence-electron chi connectivity index (χ3n) is 3.93. The minimum atomic E-state index is -0.280. The molecule has 1 heterocycles. The van der Waals surface area contributed by atoms with Crippen LogP contribution in [0.1, 0.15) is 25.8 Å². The molecule has 18 heavy (non-hydrogen) atoms. The second-order valence-corrected chi connectivity index (χ2v) is 5.45. The molecule has 0 saturated carbocycles. The lowest BCUT2D eigenvalue weighted by molar-refractivity contribution is -0.130. The molecule has 0 aromatic heterocycles. The Morgan fingerprint density at radius 2 is 2.00 bits per heavy atom. The molecule has 2 rings (SSSR count). The van der Waals surface area contributed by atoms with E-state index in [-0.39, 0.29) is 11.5 Å². The molecule has 1 aliphatic rings. The van der Waals surface area contributed by atoms with Crippen LogP contribution in [0.25, 0.3) is 0 Å². The van der Waals surface area contributed by atoms with Gasteiger partial charge in [0.05, 0.1) is 7.11 Å². The molecule has 0 spiro atoms. The van der Waals surface area contributed by atoms with Crippen molar-refractivity contribution in [3.63, 3.8) is 0 Å². The van der Waals surface area contributed by atoms with Gasteiger partial charge in [0.1, 0.15) is 11.5 Å². The van der Waals surface area contributed by atoms with Crippen molar-refractivity contribution in [3.05, 3.63) is 29.8 Å². The average molecular weight is 247 g/mol. The Morgan fingerprint density at radius 3 is 2.61 bits per heavy atom. The summed E-state index contributed by atoms with van der Waals surface area (Å²) >= 11 is 0. The molecule has 1 aromatic carbocycles. The van der Waals surface area contributed by atoms with Gasteiger partial charge in [-0.2, -0.15) is 0 Å². The largest absolute Gasteiger partial charge is 0.497 e. The Bertz CT molecular complexity index is 423. The maximum Gasteiger partial charge on any atom is 0.141 e. The Labute approximate surface area is 109 Å². The quantitative estimate of drug-likeness (QED) is 0.890. The molecule has 1 atom stereocenters. The van der Waals surface area contributed by atoms with E-state index in [9.17, 15) is 4.79 Å². The van der Waals surface area contributed by atoms with E-state index >= 15 is 0 Å². The number of benzene rings is 1. The molecule has 3 nitrogen and oxygen atoms in total. The molecule has 1 unspecified atom stereocenters. The number of nitrogens with one attached hydrogen (secondary N) is 1. The fraction of sp³-hybridized carbons (Fsp3) is 0.533. The maximum atomic E-state index is 12.0. The molecule has 0 amide bonds. The van der Waals surface area contributed by atoms with Gasteiger partial charge >= 0.3 is 0 Å². The van der Waals surface area contributed by atoms with E-state index in [1.165, 1.54) is 5.56 Å². The predicted octanol–water partition coefficient (Wildman–Crippen LogP) is 2.19. The van der Waals surface area contributed by atoms with Crippen LogP contribution < -0.4 is 10.1 Å². The molecular formula is C15H21NO2. The van der Waals surface area contributed by atoms with Crippen LogP contribution in [0.4, 0.5) is 0 Å². The van der Waals surface area contributed by atoms with Gasteiger partial charge in [-0.25, -0.2) is 0 Å². The number of carbonyl (C=O) groups excluding carboxylic acids is 1. The second-order valence-electron chi connectivity index (χ2n) is 5.45. The highest BCUT2D eigenvalue weighted by Crippen LogP contribution is 2.29. The van der Waals surface area contributed by atoms with Crippen molar-refractivity contribution in [1.82, 2.24) is 5.32 Å². The van der Waals surface area contributed by atoms with Gasteiger partial charge in [-0.15, -0.1) is 0 Å². The number of carbonyl (C=O) groups is 1. The molecule has 0 aliphatic carbocycles. The van der Waals surface area contributed by atoms with E-state index in [0.717, 1.165) is 18.7 Å². The fourth-order valence-electron chi connectivity index (χ4n) is 2.46. The van der Waals surface area contributed by atoms with Crippen LogP contribution in [0.5, 0.6) is 5.75 Å². The van der Waals surface area contributed by atoms with Gasteiger partial charge in [0.15, 0.2) is 0 Å². The van der Waals surface area contributed by atoms with Gasteiger partial charge in [-0.1, -0.05) is 26.0 Å². The SMILES string of the molecule is COc1ccc(CC2NCCC(=O)C2(C)C)cc1. The second kappa shape index (κ2) is 5.11. The average Bonchev–Trinajstić information content (AvgIpc) is 2.36. The summed E-state index contributed by atoms with van der Waals surface area (Å²) < 4.78 is 5.15. The number of hydrogen-bond acceptors (Lipinski definition) is 3.